The Kier molecular flexibility index (Phi) is 10.4. The van der Waals surface area contributed by atoms with Crippen LogP contribution < -0.4 is 10.6 Å². The molecule has 0 fully saturated rings. The summed E-state index contributed by atoms with van der Waals surface area (Å²) in [6.45, 7) is 10.8. The van der Waals surface area contributed by atoms with Crippen LogP contribution in [0.4, 0.5) is 0 Å². The van der Waals surface area contributed by atoms with E-state index in [-0.39, 0.29) is 18.1 Å². The molecule has 0 unspecified atom stereocenters. The molecule has 0 bridgehead atoms. The van der Waals surface area contributed by atoms with Gasteiger partial charge in [-0.1, -0.05) is 69.3 Å². The van der Waals surface area contributed by atoms with E-state index < -0.39 is 44.3 Å². The maximum atomic E-state index is 13.1. The maximum Gasteiger partial charge on any atom is 0.328 e. The third kappa shape index (κ3) is 8.01. The molecule has 9 heteroatoms. The molecule has 2 amide bonds. The lowest BCUT2D eigenvalue weighted by Crippen LogP contribution is -2.51. The average Bonchev–Trinajstić information content (AvgIpc) is 2.85. The van der Waals surface area contributed by atoms with Crippen molar-refractivity contribution >= 4 is 26.1 Å². The van der Waals surface area contributed by atoms with Gasteiger partial charge >= 0.3 is 5.97 Å². The summed E-state index contributed by atoms with van der Waals surface area (Å²) in [7, 11) is -0.817. The third-order valence-electron chi connectivity index (χ3n) is 6.54. The van der Waals surface area contributed by atoms with Crippen molar-refractivity contribution in [3.63, 3.8) is 0 Å². The van der Waals surface area contributed by atoms with E-state index in [1.165, 1.54) is 7.11 Å². The van der Waals surface area contributed by atoms with Crippen LogP contribution in [0.2, 0.25) is 18.1 Å². The van der Waals surface area contributed by atoms with Crippen molar-refractivity contribution in [3.8, 4) is 0 Å². The topological polar surface area (TPSA) is 114 Å². The van der Waals surface area contributed by atoms with Crippen LogP contribution in [0.3, 0.4) is 0 Å². The van der Waals surface area contributed by atoms with Gasteiger partial charge in [-0.05, 0) is 35.8 Å². The highest BCUT2D eigenvalue weighted by Gasteiger charge is 2.38. The summed E-state index contributed by atoms with van der Waals surface area (Å²) in [4.78, 5) is 38.3. The lowest BCUT2D eigenvalue weighted by Gasteiger charge is -2.36. The second-order valence-corrected chi connectivity index (χ2v) is 15.0. The number of rotatable bonds is 11. The second kappa shape index (κ2) is 12.8. The molecule has 2 aromatic rings. The highest BCUT2D eigenvalue weighted by molar-refractivity contribution is 6.74. The average molecular weight is 515 g/mol. The fourth-order valence-electron chi connectivity index (χ4n) is 3.27. The molecule has 2 rings (SSSR count). The molecule has 0 spiro atoms. The Bertz CT molecular complexity index is 1010. The predicted molar refractivity (Wildman–Crippen MR) is 141 cm³/mol. The Balaban J connectivity index is 2.16. The van der Waals surface area contributed by atoms with Gasteiger partial charge < -0.3 is 24.9 Å². The zero-order chi connectivity index (χ0) is 26.9. The fourth-order valence-corrected chi connectivity index (χ4v) is 4.33. The molecule has 8 nitrogen and oxygen atoms in total. The summed E-state index contributed by atoms with van der Waals surface area (Å²) in [5, 5.41) is 16.3. The molecule has 196 valence electrons. The number of carbonyl (C=O) groups is 3. The van der Waals surface area contributed by atoms with Crippen LogP contribution in [0, 0.1) is 0 Å². The Labute approximate surface area is 214 Å². The number of esters is 1. The minimum Gasteiger partial charge on any atom is -0.467 e. The number of ether oxygens (including phenoxy) is 1. The SMILES string of the molecule is COC(=O)[C@@H](CCO[Si](C)(C)C(C)(C)C)NC(=O)[C@H](O)[C@@H](NC(=O)c1ccccc1)c1ccccc1. The molecule has 0 radical (unpaired) electrons. The van der Waals surface area contributed by atoms with Gasteiger partial charge in [0.2, 0.25) is 0 Å². The third-order valence-corrected chi connectivity index (χ3v) is 11.1. The highest BCUT2D eigenvalue weighted by Crippen LogP contribution is 2.36. The first kappa shape index (κ1) is 29.2. The summed E-state index contributed by atoms with van der Waals surface area (Å²) >= 11 is 0. The van der Waals surface area contributed by atoms with Crippen LogP contribution in [0.25, 0.3) is 0 Å². The van der Waals surface area contributed by atoms with E-state index in [1.54, 1.807) is 60.7 Å². The molecule has 36 heavy (non-hydrogen) atoms. The molecule has 2 aromatic carbocycles. The van der Waals surface area contributed by atoms with Crippen molar-refractivity contribution in [3.05, 3.63) is 71.8 Å². The van der Waals surface area contributed by atoms with Crippen molar-refractivity contribution in [2.75, 3.05) is 13.7 Å². The van der Waals surface area contributed by atoms with E-state index in [9.17, 15) is 19.5 Å². The zero-order valence-electron chi connectivity index (χ0n) is 21.9. The largest absolute Gasteiger partial charge is 0.467 e. The predicted octanol–water partition coefficient (Wildman–Crippen LogP) is 3.59. The standard InChI is InChI=1S/C27H38N2O6Si/c1-27(2,3)36(5,6)35-18-17-21(26(33)34-4)28-25(32)23(30)22(19-13-9-7-10-14-19)29-24(31)20-15-11-8-12-16-20/h7-16,21-23,30H,17-18H2,1-6H3,(H,28,32)(H,29,31)/t21-,22+,23-/m1/s1. The van der Waals surface area contributed by atoms with E-state index in [1.807, 2.05) is 0 Å². The van der Waals surface area contributed by atoms with Gasteiger partial charge in [0.25, 0.3) is 11.8 Å². The van der Waals surface area contributed by atoms with Gasteiger partial charge in [-0.25, -0.2) is 4.79 Å². The first-order chi connectivity index (χ1) is 16.9. The molecule has 0 heterocycles. The van der Waals surface area contributed by atoms with E-state index in [2.05, 4.69) is 44.5 Å². The van der Waals surface area contributed by atoms with Gasteiger partial charge in [0.15, 0.2) is 14.4 Å². The molecular weight excluding hydrogens is 476 g/mol. The first-order valence-corrected chi connectivity index (χ1v) is 14.9. The molecular formula is C27H38N2O6Si. The lowest BCUT2D eigenvalue weighted by molar-refractivity contribution is -0.147. The Morgan fingerprint density at radius 3 is 2.03 bits per heavy atom. The maximum absolute atomic E-state index is 13.1. The molecule has 0 aromatic heterocycles. The molecule has 0 saturated heterocycles. The van der Waals surface area contributed by atoms with Gasteiger partial charge in [-0.2, -0.15) is 0 Å². The Hall–Kier alpha value is -3.01. The quantitative estimate of drug-likeness (QED) is 0.312. The van der Waals surface area contributed by atoms with Crippen molar-refractivity contribution in [2.24, 2.45) is 0 Å². The van der Waals surface area contributed by atoms with Gasteiger partial charge in [0.1, 0.15) is 6.04 Å². The van der Waals surface area contributed by atoms with Gasteiger partial charge in [-0.3, -0.25) is 9.59 Å². The van der Waals surface area contributed by atoms with Gasteiger partial charge in [0.05, 0.1) is 13.2 Å². The summed E-state index contributed by atoms with van der Waals surface area (Å²) in [5.41, 5.74) is 0.932. The zero-order valence-corrected chi connectivity index (χ0v) is 22.9. The van der Waals surface area contributed by atoms with Crippen molar-refractivity contribution in [2.45, 2.75) is 63.5 Å². The molecule has 0 saturated carbocycles. The lowest BCUT2D eigenvalue weighted by atomic mass is 9.99. The van der Waals surface area contributed by atoms with E-state index >= 15 is 0 Å². The number of aliphatic hydroxyl groups excluding tert-OH is 1. The normalized spacial score (nSPS) is 14.3. The Morgan fingerprint density at radius 2 is 1.50 bits per heavy atom. The number of nitrogens with one attached hydrogen (secondary N) is 2. The minimum atomic E-state index is -2.05. The Morgan fingerprint density at radius 1 is 0.944 bits per heavy atom. The summed E-state index contributed by atoms with van der Waals surface area (Å²) in [6, 6.07) is 15.2. The molecule has 3 atom stereocenters. The monoisotopic (exact) mass is 514 g/mol. The number of aliphatic hydroxyl groups is 1. The number of amides is 2. The van der Waals surface area contributed by atoms with Gasteiger partial charge in [0, 0.05) is 18.6 Å². The summed E-state index contributed by atoms with van der Waals surface area (Å²) in [6.07, 6.45) is -1.47. The molecule has 0 aliphatic carbocycles. The van der Waals surface area contributed by atoms with Crippen LogP contribution in [0.1, 0.15) is 49.2 Å². The number of hydrogen-bond donors (Lipinski definition) is 3. The number of carbonyl (C=O) groups excluding carboxylic acids is 3. The second-order valence-electron chi connectivity index (χ2n) is 10.2. The van der Waals surface area contributed by atoms with Crippen LogP contribution in [0.15, 0.2) is 60.7 Å². The molecule has 3 N–H and O–H groups in total. The minimum absolute atomic E-state index is 0.00688. The number of benzene rings is 2. The van der Waals surface area contributed by atoms with Crippen LogP contribution in [-0.4, -0.2) is 57.1 Å². The van der Waals surface area contributed by atoms with E-state index in [0.29, 0.717) is 11.1 Å². The van der Waals surface area contributed by atoms with Gasteiger partial charge in [-0.15, -0.1) is 0 Å². The highest BCUT2D eigenvalue weighted by atomic mass is 28.4. The first-order valence-electron chi connectivity index (χ1n) is 12.0. The van der Waals surface area contributed by atoms with E-state index in [0.717, 1.165) is 0 Å². The van der Waals surface area contributed by atoms with Crippen LogP contribution >= 0.6 is 0 Å². The summed E-state index contributed by atoms with van der Waals surface area (Å²) < 4.78 is 11.0. The van der Waals surface area contributed by atoms with Crippen LogP contribution in [-0.2, 0) is 18.8 Å². The van der Waals surface area contributed by atoms with Crippen molar-refractivity contribution < 1.29 is 28.7 Å². The van der Waals surface area contributed by atoms with Crippen molar-refractivity contribution in [1.82, 2.24) is 10.6 Å². The number of hydrogen-bond acceptors (Lipinski definition) is 6. The van der Waals surface area contributed by atoms with Crippen LogP contribution in [0.5, 0.6) is 0 Å². The van der Waals surface area contributed by atoms with E-state index in [4.69, 9.17) is 9.16 Å². The fraction of sp³-hybridized carbons (Fsp3) is 0.444. The molecule has 0 aliphatic rings. The molecule has 0 aliphatic heterocycles. The number of methoxy groups -OCH3 is 1. The summed E-state index contributed by atoms with van der Waals surface area (Å²) in [5.74, 6) is -1.89. The smallest absolute Gasteiger partial charge is 0.328 e. The van der Waals surface area contributed by atoms with Crippen molar-refractivity contribution in [1.29, 1.82) is 0 Å².